The number of hydrogen-bond donors (Lipinski definition) is 2. The van der Waals surface area contributed by atoms with E-state index in [2.05, 4.69) is 25.8 Å². The van der Waals surface area contributed by atoms with Crippen LogP contribution in [-0.2, 0) is 6.42 Å². The minimum absolute atomic E-state index is 0. The second-order valence-electron chi connectivity index (χ2n) is 6.49. The van der Waals surface area contributed by atoms with E-state index < -0.39 is 0 Å². The van der Waals surface area contributed by atoms with Gasteiger partial charge in [-0.2, -0.15) is 4.98 Å². The molecule has 0 saturated heterocycles. The quantitative estimate of drug-likeness (QED) is 0.211. The van der Waals surface area contributed by atoms with E-state index in [4.69, 9.17) is 14.0 Å². The lowest BCUT2D eigenvalue weighted by molar-refractivity contribution is 0.311. The van der Waals surface area contributed by atoms with Crippen molar-refractivity contribution < 1.29 is 14.0 Å². The van der Waals surface area contributed by atoms with Gasteiger partial charge in [0.05, 0.1) is 13.7 Å². The van der Waals surface area contributed by atoms with Crippen molar-refractivity contribution in [2.45, 2.75) is 46.5 Å². The minimum Gasteiger partial charge on any atom is -0.493 e. The zero-order chi connectivity index (χ0) is 20.4. The van der Waals surface area contributed by atoms with Gasteiger partial charge >= 0.3 is 0 Å². The van der Waals surface area contributed by atoms with E-state index in [-0.39, 0.29) is 29.9 Å². The first kappa shape index (κ1) is 25.0. The van der Waals surface area contributed by atoms with E-state index in [1.165, 1.54) is 0 Å². The zero-order valence-corrected chi connectivity index (χ0v) is 20.1. The SMILES string of the molecule is CCNC(=NCCCc1nc(C(C)C)no1)Nc1ccc(OC)c(OCC)c1.I. The first-order valence-corrected chi connectivity index (χ1v) is 9.76. The summed E-state index contributed by atoms with van der Waals surface area (Å²) in [7, 11) is 1.63. The minimum atomic E-state index is 0. The van der Waals surface area contributed by atoms with Gasteiger partial charge in [-0.1, -0.05) is 19.0 Å². The normalized spacial score (nSPS) is 11.2. The molecule has 0 aliphatic heterocycles. The van der Waals surface area contributed by atoms with Gasteiger partial charge in [-0.05, 0) is 32.4 Å². The Kier molecular flexibility index (Phi) is 11.4. The molecule has 162 valence electrons. The number of halogens is 1. The van der Waals surface area contributed by atoms with E-state index in [1.807, 2.05) is 45.9 Å². The Labute approximate surface area is 189 Å². The number of hydrogen-bond acceptors (Lipinski definition) is 6. The van der Waals surface area contributed by atoms with Crippen molar-refractivity contribution in [2.24, 2.45) is 4.99 Å². The number of nitrogens with one attached hydrogen (secondary N) is 2. The summed E-state index contributed by atoms with van der Waals surface area (Å²) in [6, 6.07) is 5.71. The van der Waals surface area contributed by atoms with Gasteiger partial charge in [-0.25, -0.2) is 0 Å². The van der Waals surface area contributed by atoms with Crippen molar-refractivity contribution in [3.63, 3.8) is 0 Å². The highest BCUT2D eigenvalue weighted by Crippen LogP contribution is 2.30. The van der Waals surface area contributed by atoms with E-state index >= 15 is 0 Å². The van der Waals surface area contributed by atoms with Crippen LogP contribution in [0, 0.1) is 0 Å². The second kappa shape index (κ2) is 13.2. The molecule has 0 fully saturated rings. The highest BCUT2D eigenvalue weighted by atomic mass is 127. The fourth-order valence-corrected chi connectivity index (χ4v) is 2.49. The van der Waals surface area contributed by atoms with Crippen molar-refractivity contribution >= 4 is 35.6 Å². The van der Waals surface area contributed by atoms with Gasteiger partial charge in [0.1, 0.15) is 0 Å². The Morgan fingerprint density at radius 1 is 1.24 bits per heavy atom. The lowest BCUT2D eigenvalue weighted by Crippen LogP contribution is -2.30. The van der Waals surface area contributed by atoms with Gasteiger partial charge in [0.15, 0.2) is 23.3 Å². The first-order chi connectivity index (χ1) is 13.6. The summed E-state index contributed by atoms with van der Waals surface area (Å²) in [5.41, 5.74) is 0.877. The van der Waals surface area contributed by atoms with Crippen molar-refractivity contribution in [1.29, 1.82) is 0 Å². The van der Waals surface area contributed by atoms with Crippen molar-refractivity contribution in [3.8, 4) is 11.5 Å². The molecule has 0 radical (unpaired) electrons. The Hall–Kier alpha value is -2.04. The van der Waals surface area contributed by atoms with Crippen LogP contribution in [0.5, 0.6) is 11.5 Å². The van der Waals surface area contributed by atoms with E-state index in [9.17, 15) is 0 Å². The van der Waals surface area contributed by atoms with Crippen LogP contribution in [0.25, 0.3) is 0 Å². The standard InChI is InChI=1S/C20H31N5O3.HI/c1-6-21-20(22-12-8-9-18-24-19(14(3)4)25-28-18)23-15-10-11-16(26-5)17(13-15)27-7-2;/h10-11,13-14H,6-9,12H2,1-5H3,(H2,21,22,23);1H. The number of aryl methyl sites for hydroxylation is 1. The molecule has 0 aliphatic carbocycles. The number of aromatic nitrogens is 2. The molecular weight excluding hydrogens is 485 g/mol. The summed E-state index contributed by atoms with van der Waals surface area (Å²) in [5.74, 6) is 3.79. The monoisotopic (exact) mass is 517 g/mol. The fourth-order valence-electron chi connectivity index (χ4n) is 2.49. The lowest BCUT2D eigenvalue weighted by atomic mass is 10.2. The predicted molar refractivity (Wildman–Crippen MR) is 126 cm³/mol. The molecular formula is C20H32IN5O3. The molecule has 1 aromatic heterocycles. The predicted octanol–water partition coefficient (Wildman–Crippen LogP) is 4.23. The smallest absolute Gasteiger partial charge is 0.226 e. The molecule has 2 rings (SSSR count). The van der Waals surface area contributed by atoms with Gasteiger partial charge in [0.2, 0.25) is 5.89 Å². The average Bonchev–Trinajstić information content (AvgIpc) is 3.15. The van der Waals surface area contributed by atoms with Gasteiger partial charge < -0.3 is 24.6 Å². The molecule has 0 unspecified atom stereocenters. The summed E-state index contributed by atoms with van der Waals surface area (Å²) in [6.07, 6.45) is 1.53. The topological polar surface area (TPSA) is 93.8 Å². The molecule has 1 heterocycles. The maximum absolute atomic E-state index is 5.63. The lowest BCUT2D eigenvalue weighted by Gasteiger charge is -2.14. The van der Waals surface area contributed by atoms with Crippen LogP contribution in [0.4, 0.5) is 5.69 Å². The van der Waals surface area contributed by atoms with Crippen molar-refractivity contribution in [1.82, 2.24) is 15.5 Å². The molecule has 0 aliphatic rings. The summed E-state index contributed by atoms with van der Waals surface area (Å²) in [4.78, 5) is 9.01. The Morgan fingerprint density at radius 3 is 2.66 bits per heavy atom. The molecule has 29 heavy (non-hydrogen) atoms. The molecule has 0 spiro atoms. The maximum atomic E-state index is 5.63. The molecule has 1 aromatic carbocycles. The Morgan fingerprint density at radius 2 is 2.03 bits per heavy atom. The highest BCUT2D eigenvalue weighted by Gasteiger charge is 2.09. The third-order valence-electron chi connectivity index (χ3n) is 3.89. The number of nitrogens with zero attached hydrogens (tertiary/aromatic N) is 3. The van der Waals surface area contributed by atoms with E-state index in [1.54, 1.807) is 7.11 Å². The molecule has 2 N–H and O–H groups in total. The molecule has 9 heteroatoms. The molecule has 0 amide bonds. The molecule has 2 aromatic rings. The van der Waals surface area contributed by atoms with Gasteiger partial charge in [0, 0.05) is 37.2 Å². The van der Waals surface area contributed by atoms with Crippen LogP contribution in [0.3, 0.4) is 0 Å². The average molecular weight is 517 g/mol. The maximum Gasteiger partial charge on any atom is 0.226 e. The first-order valence-electron chi connectivity index (χ1n) is 9.76. The van der Waals surface area contributed by atoms with Gasteiger partial charge in [-0.3, -0.25) is 4.99 Å². The number of aliphatic imine (C=N–C) groups is 1. The van der Waals surface area contributed by atoms with Crippen LogP contribution in [0.2, 0.25) is 0 Å². The van der Waals surface area contributed by atoms with Crippen molar-refractivity contribution in [2.75, 3.05) is 32.1 Å². The van der Waals surface area contributed by atoms with Crippen LogP contribution in [-0.4, -0.2) is 42.9 Å². The number of rotatable bonds is 10. The van der Waals surface area contributed by atoms with E-state index in [0.717, 1.165) is 24.5 Å². The second-order valence-corrected chi connectivity index (χ2v) is 6.49. The van der Waals surface area contributed by atoms with Crippen LogP contribution < -0.4 is 20.1 Å². The van der Waals surface area contributed by atoms with Crippen LogP contribution in [0.1, 0.15) is 51.7 Å². The fraction of sp³-hybridized carbons (Fsp3) is 0.550. The molecule has 8 nitrogen and oxygen atoms in total. The van der Waals surface area contributed by atoms with Crippen molar-refractivity contribution in [3.05, 3.63) is 29.9 Å². The summed E-state index contributed by atoms with van der Waals surface area (Å²) < 4.78 is 16.2. The third-order valence-corrected chi connectivity index (χ3v) is 3.89. The summed E-state index contributed by atoms with van der Waals surface area (Å²) >= 11 is 0. The zero-order valence-electron chi connectivity index (χ0n) is 17.8. The molecule has 0 saturated carbocycles. The Bertz CT molecular complexity index is 764. The van der Waals surface area contributed by atoms with Crippen LogP contribution in [0.15, 0.2) is 27.7 Å². The third kappa shape index (κ3) is 8.08. The number of benzene rings is 1. The van der Waals surface area contributed by atoms with Gasteiger partial charge in [-0.15, -0.1) is 24.0 Å². The summed E-state index contributed by atoms with van der Waals surface area (Å²) in [5, 5.41) is 10.5. The molecule has 0 bridgehead atoms. The number of methoxy groups -OCH3 is 1. The Balaban J connectivity index is 0.00000420. The number of anilines is 1. The van der Waals surface area contributed by atoms with E-state index in [0.29, 0.717) is 42.9 Å². The summed E-state index contributed by atoms with van der Waals surface area (Å²) in [6.45, 7) is 10.0. The number of guanidine groups is 1. The molecule has 0 atom stereocenters. The largest absolute Gasteiger partial charge is 0.493 e. The number of ether oxygens (including phenoxy) is 2. The van der Waals surface area contributed by atoms with Gasteiger partial charge in [0.25, 0.3) is 0 Å². The van der Waals surface area contributed by atoms with Crippen LogP contribution >= 0.6 is 24.0 Å². The highest BCUT2D eigenvalue weighted by molar-refractivity contribution is 14.0.